The van der Waals surface area contributed by atoms with Crippen LogP contribution in [0.15, 0.2) is 42.7 Å². The number of methoxy groups -OCH3 is 1. The first-order chi connectivity index (χ1) is 9.83. The van der Waals surface area contributed by atoms with Gasteiger partial charge in [-0.3, -0.25) is 4.98 Å². The van der Waals surface area contributed by atoms with Gasteiger partial charge >= 0.3 is 0 Å². The van der Waals surface area contributed by atoms with Gasteiger partial charge in [0.05, 0.1) is 13.7 Å². The lowest BCUT2D eigenvalue weighted by atomic mass is 10.2. The summed E-state index contributed by atoms with van der Waals surface area (Å²) in [6.07, 6.45) is 3.61. The molecule has 0 spiro atoms. The molecule has 0 aliphatic carbocycles. The molecule has 0 amide bonds. The SMILES string of the molecule is CCOc1ccc(CNCc2ccncc2)cc1OC. The van der Waals surface area contributed by atoms with Crippen LogP contribution >= 0.6 is 0 Å². The molecule has 1 heterocycles. The third-order valence-corrected chi connectivity index (χ3v) is 2.94. The molecule has 0 fully saturated rings. The van der Waals surface area contributed by atoms with Gasteiger partial charge in [0.25, 0.3) is 0 Å². The van der Waals surface area contributed by atoms with Crippen LogP contribution in [0.2, 0.25) is 0 Å². The lowest BCUT2D eigenvalue weighted by Gasteiger charge is -2.11. The highest BCUT2D eigenvalue weighted by atomic mass is 16.5. The van der Waals surface area contributed by atoms with Crippen LogP contribution in [-0.4, -0.2) is 18.7 Å². The highest BCUT2D eigenvalue weighted by Gasteiger charge is 2.05. The number of nitrogens with one attached hydrogen (secondary N) is 1. The van der Waals surface area contributed by atoms with Crippen LogP contribution in [-0.2, 0) is 13.1 Å². The lowest BCUT2D eigenvalue weighted by Crippen LogP contribution is -2.12. The van der Waals surface area contributed by atoms with E-state index in [1.54, 1.807) is 19.5 Å². The first-order valence-corrected chi connectivity index (χ1v) is 6.72. The van der Waals surface area contributed by atoms with Crippen LogP contribution in [0.25, 0.3) is 0 Å². The van der Waals surface area contributed by atoms with Crippen molar-refractivity contribution in [2.24, 2.45) is 0 Å². The summed E-state index contributed by atoms with van der Waals surface area (Å²) in [5.41, 5.74) is 2.39. The van der Waals surface area contributed by atoms with E-state index >= 15 is 0 Å². The van der Waals surface area contributed by atoms with Gasteiger partial charge < -0.3 is 14.8 Å². The molecule has 0 aliphatic heterocycles. The fourth-order valence-electron chi connectivity index (χ4n) is 1.95. The van der Waals surface area contributed by atoms with Crippen LogP contribution in [0.5, 0.6) is 11.5 Å². The number of ether oxygens (including phenoxy) is 2. The van der Waals surface area contributed by atoms with Crippen molar-refractivity contribution in [2.45, 2.75) is 20.0 Å². The molecule has 0 atom stereocenters. The second kappa shape index (κ2) is 7.50. The Morgan fingerprint density at radius 3 is 2.45 bits per heavy atom. The summed E-state index contributed by atoms with van der Waals surface area (Å²) in [5.74, 6) is 1.56. The fraction of sp³-hybridized carbons (Fsp3) is 0.312. The highest BCUT2D eigenvalue weighted by molar-refractivity contribution is 5.42. The molecule has 1 N–H and O–H groups in total. The van der Waals surface area contributed by atoms with E-state index in [9.17, 15) is 0 Å². The summed E-state index contributed by atoms with van der Waals surface area (Å²) in [6, 6.07) is 10.0. The first-order valence-electron chi connectivity index (χ1n) is 6.72. The fourth-order valence-corrected chi connectivity index (χ4v) is 1.95. The summed E-state index contributed by atoms with van der Waals surface area (Å²) in [4.78, 5) is 4.00. The van der Waals surface area contributed by atoms with Gasteiger partial charge in [0.15, 0.2) is 11.5 Å². The predicted octanol–water partition coefficient (Wildman–Crippen LogP) is 2.78. The monoisotopic (exact) mass is 272 g/mol. The van der Waals surface area contributed by atoms with Gasteiger partial charge in [-0.1, -0.05) is 6.07 Å². The molecule has 0 unspecified atom stereocenters. The predicted molar refractivity (Wildman–Crippen MR) is 78.9 cm³/mol. The third-order valence-electron chi connectivity index (χ3n) is 2.94. The molecular weight excluding hydrogens is 252 g/mol. The Labute approximate surface area is 119 Å². The number of benzene rings is 1. The van der Waals surface area contributed by atoms with Crippen molar-refractivity contribution in [1.82, 2.24) is 10.3 Å². The Morgan fingerprint density at radius 2 is 1.75 bits per heavy atom. The summed E-state index contributed by atoms with van der Waals surface area (Å²) in [7, 11) is 1.66. The number of hydrogen-bond donors (Lipinski definition) is 1. The summed E-state index contributed by atoms with van der Waals surface area (Å²) >= 11 is 0. The minimum absolute atomic E-state index is 0.635. The van der Waals surface area contributed by atoms with Gasteiger partial charge in [0.1, 0.15) is 0 Å². The summed E-state index contributed by atoms with van der Waals surface area (Å²) in [5, 5.41) is 3.40. The lowest BCUT2D eigenvalue weighted by molar-refractivity contribution is 0.310. The average Bonchev–Trinajstić information content (AvgIpc) is 2.50. The molecule has 4 heteroatoms. The Morgan fingerprint density at radius 1 is 1.00 bits per heavy atom. The minimum atomic E-state index is 0.635. The topological polar surface area (TPSA) is 43.4 Å². The van der Waals surface area contributed by atoms with Gasteiger partial charge in [-0.2, -0.15) is 0 Å². The van der Waals surface area contributed by atoms with E-state index in [1.807, 2.05) is 37.3 Å². The zero-order valence-electron chi connectivity index (χ0n) is 11.9. The molecule has 1 aromatic carbocycles. The van der Waals surface area contributed by atoms with Crippen molar-refractivity contribution in [3.05, 3.63) is 53.9 Å². The third kappa shape index (κ3) is 3.96. The second-order valence-corrected chi connectivity index (χ2v) is 4.38. The summed E-state index contributed by atoms with van der Waals surface area (Å²) in [6.45, 7) is 4.20. The number of aromatic nitrogens is 1. The van der Waals surface area contributed by atoms with E-state index in [1.165, 1.54) is 11.1 Å². The van der Waals surface area contributed by atoms with E-state index in [2.05, 4.69) is 10.3 Å². The molecule has 0 aliphatic rings. The van der Waals surface area contributed by atoms with Crippen LogP contribution in [0, 0.1) is 0 Å². The molecule has 4 nitrogen and oxygen atoms in total. The number of pyridine rings is 1. The van der Waals surface area contributed by atoms with Crippen molar-refractivity contribution in [3.8, 4) is 11.5 Å². The van der Waals surface area contributed by atoms with E-state index in [-0.39, 0.29) is 0 Å². The van der Waals surface area contributed by atoms with E-state index in [0.29, 0.717) is 6.61 Å². The van der Waals surface area contributed by atoms with Crippen molar-refractivity contribution >= 4 is 0 Å². The normalized spacial score (nSPS) is 10.3. The number of rotatable bonds is 7. The van der Waals surface area contributed by atoms with Gasteiger partial charge in [-0.05, 0) is 42.3 Å². The standard InChI is InChI=1S/C16H20N2O2/c1-3-20-15-5-4-14(10-16(15)19-2)12-18-11-13-6-8-17-9-7-13/h4-10,18H,3,11-12H2,1-2H3. The average molecular weight is 272 g/mol. The molecule has 20 heavy (non-hydrogen) atoms. The first kappa shape index (κ1) is 14.3. The van der Waals surface area contributed by atoms with Crippen molar-refractivity contribution in [2.75, 3.05) is 13.7 Å². The Kier molecular flexibility index (Phi) is 5.38. The largest absolute Gasteiger partial charge is 0.493 e. The molecule has 106 valence electrons. The second-order valence-electron chi connectivity index (χ2n) is 4.38. The maximum absolute atomic E-state index is 5.50. The molecule has 0 bridgehead atoms. The van der Waals surface area contributed by atoms with Crippen molar-refractivity contribution in [3.63, 3.8) is 0 Å². The van der Waals surface area contributed by atoms with Crippen LogP contribution < -0.4 is 14.8 Å². The van der Waals surface area contributed by atoms with Gasteiger partial charge in [-0.15, -0.1) is 0 Å². The number of nitrogens with zero attached hydrogens (tertiary/aromatic N) is 1. The summed E-state index contributed by atoms with van der Waals surface area (Å²) < 4.78 is 10.8. The highest BCUT2D eigenvalue weighted by Crippen LogP contribution is 2.27. The van der Waals surface area contributed by atoms with Gasteiger partial charge in [0, 0.05) is 25.5 Å². The molecule has 0 saturated carbocycles. The molecular formula is C16H20N2O2. The zero-order valence-corrected chi connectivity index (χ0v) is 11.9. The Balaban J connectivity index is 1.93. The number of hydrogen-bond acceptors (Lipinski definition) is 4. The molecule has 1 aromatic heterocycles. The molecule has 0 saturated heterocycles. The Hall–Kier alpha value is -2.07. The zero-order chi connectivity index (χ0) is 14.2. The van der Waals surface area contributed by atoms with Gasteiger partial charge in [0.2, 0.25) is 0 Å². The van der Waals surface area contributed by atoms with Crippen molar-refractivity contribution in [1.29, 1.82) is 0 Å². The smallest absolute Gasteiger partial charge is 0.161 e. The maximum atomic E-state index is 5.50. The quantitative estimate of drug-likeness (QED) is 0.841. The van der Waals surface area contributed by atoms with Crippen LogP contribution in [0.4, 0.5) is 0 Å². The van der Waals surface area contributed by atoms with Crippen molar-refractivity contribution < 1.29 is 9.47 Å². The maximum Gasteiger partial charge on any atom is 0.161 e. The van der Waals surface area contributed by atoms with Crippen LogP contribution in [0.1, 0.15) is 18.1 Å². The van der Waals surface area contributed by atoms with E-state index in [4.69, 9.17) is 9.47 Å². The molecule has 2 aromatic rings. The van der Waals surface area contributed by atoms with Gasteiger partial charge in [-0.25, -0.2) is 0 Å². The van der Waals surface area contributed by atoms with E-state index < -0.39 is 0 Å². The van der Waals surface area contributed by atoms with Crippen LogP contribution in [0.3, 0.4) is 0 Å². The Bertz CT molecular complexity index is 529. The molecule has 0 radical (unpaired) electrons. The molecule has 2 rings (SSSR count). The van der Waals surface area contributed by atoms with E-state index in [0.717, 1.165) is 24.6 Å². The minimum Gasteiger partial charge on any atom is -0.493 e.